The maximum Gasteiger partial charge on any atom is 0.337 e. The van der Waals surface area contributed by atoms with Crippen LogP contribution in [0.5, 0.6) is 0 Å². The van der Waals surface area contributed by atoms with Gasteiger partial charge < -0.3 is 20.8 Å². The van der Waals surface area contributed by atoms with Gasteiger partial charge in [0.25, 0.3) is 0 Å². The van der Waals surface area contributed by atoms with Crippen molar-refractivity contribution in [3.05, 3.63) is 23.8 Å². The summed E-state index contributed by atoms with van der Waals surface area (Å²) in [6, 6.07) is 4.44. The van der Waals surface area contributed by atoms with Gasteiger partial charge in [0.1, 0.15) is 0 Å². The number of aliphatic hydroxyl groups excluding tert-OH is 1. The molecule has 19 heavy (non-hydrogen) atoms. The van der Waals surface area contributed by atoms with Gasteiger partial charge in [-0.05, 0) is 18.2 Å². The lowest BCUT2D eigenvalue weighted by Crippen LogP contribution is -2.22. The Balaban J connectivity index is 2.91. The molecular formula is C12H15ClN2O4. The molecular weight excluding hydrogens is 272 g/mol. The zero-order valence-electron chi connectivity index (χ0n) is 10.3. The molecule has 0 aliphatic heterocycles. The summed E-state index contributed by atoms with van der Waals surface area (Å²) in [5.74, 6) is -1.36. The van der Waals surface area contributed by atoms with E-state index in [0.717, 1.165) is 0 Å². The molecule has 0 fully saturated rings. The molecule has 7 heteroatoms. The van der Waals surface area contributed by atoms with Crippen LogP contribution < -0.4 is 10.6 Å². The number of alkyl halides is 1. The van der Waals surface area contributed by atoms with Gasteiger partial charge >= 0.3 is 5.97 Å². The smallest absolute Gasteiger partial charge is 0.337 e. The molecule has 1 unspecified atom stereocenters. The van der Waals surface area contributed by atoms with Crippen molar-refractivity contribution in [1.82, 2.24) is 0 Å². The Bertz CT molecular complexity index is 479. The fraction of sp³-hybridized carbons (Fsp3) is 0.333. The summed E-state index contributed by atoms with van der Waals surface area (Å²) in [5, 5.41) is 23.7. The van der Waals surface area contributed by atoms with Gasteiger partial charge in [0.2, 0.25) is 5.91 Å². The second kappa shape index (κ2) is 6.96. The largest absolute Gasteiger partial charge is 0.478 e. The number of aliphatic hydroxyl groups is 1. The molecule has 104 valence electrons. The summed E-state index contributed by atoms with van der Waals surface area (Å²) in [7, 11) is 0. The monoisotopic (exact) mass is 286 g/mol. The van der Waals surface area contributed by atoms with Crippen molar-refractivity contribution in [1.29, 1.82) is 0 Å². The van der Waals surface area contributed by atoms with Crippen LogP contribution in [0.1, 0.15) is 17.3 Å². The van der Waals surface area contributed by atoms with E-state index in [2.05, 4.69) is 10.6 Å². The van der Waals surface area contributed by atoms with Gasteiger partial charge in [0.15, 0.2) is 0 Å². The number of anilines is 2. The number of benzene rings is 1. The number of aromatic carboxylic acids is 1. The van der Waals surface area contributed by atoms with Crippen molar-refractivity contribution in [3.63, 3.8) is 0 Å². The topological polar surface area (TPSA) is 98.7 Å². The van der Waals surface area contributed by atoms with Crippen molar-refractivity contribution in [2.45, 2.75) is 13.0 Å². The summed E-state index contributed by atoms with van der Waals surface area (Å²) in [5.41, 5.74) is 0.757. The number of amides is 1. The molecule has 0 radical (unpaired) electrons. The molecule has 0 saturated heterocycles. The average Bonchev–Trinajstić information content (AvgIpc) is 2.35. The highest BCUT2D eigenvalue weighted by atomic mass is 35.5. The van der Waals surface area contributed by atoms with Crippen molar-refractivity contribution >= 4 is 34.9 Å². The molecule has 1 aromatic carbocycles. The van der Waals surface area contributed by atoms with Gasteiger partial charge in [-0.25, -0.2) is 4.79 Å². The van der Waals surface area contributed by atoms with E-state index < -0.39 is 12.1 Å². The number of nitrogens with one attached hydrogen (secondary N) is 2. The molecule has 0 spiro atoms. The molecule has 0 bridgehead atoms. The summed E-state index contributed by atoms with van der Waals surface area (Å²) in [4.78, 5) is 22.0. The van der Waals surface area contributed by atoms with Gasteiger partial charge in [-0.2, -0.15) is 0 Å². The minimum Gasteiger partial charge on any atom is -0.478 e. The summed E-state index contributed by atoms with van der Waals surface area (Å²) >= 11 is 5.45. The molecule has 1 rings (SSSR count). The lowest BCUT2D eigenvalue weighted by atomic mass is 10.1. The second-order valence-corrected chi connectivity index (χ2v) is 4.24. The Kier molecular flexibility index (Phi) is 5.59. The van der Waals surface area contributed by atoms with E-state index in [4.69, 9.17) is 16.7 Å². The Morgan fingerprint density at radius 2 is 2.11 bits per heavy atom. The molecule has 0 aromatic heterocycles. The zero-order chi connectivity index (χ0) is 14.4. The predicted octanol–water partition coefficient (Wildman–Crippen LogP) is 1.35. The van der Waals surface area contributed by atoms with Crippen LogP contribution in [0, 0.1) is 0 Å². The van der Waals surface area contributed by atoms with Crippen molar-refractivity contribution in [3.8, 4) is 0 Å². The van der Waals surface area contributed by atoms with Crippen LogP contribution in [0.15, 0.2) is 18.2 Å². The number of carboxylic acid groups (broad SMARTS) is 1. The van der Waals surface area contributed by atoms with E-state index in [0.29, 0.717) is 11.4 Å². The van der Waals surface area contributed by atoms with Crippen LogP contribution in [0.4, 0.5) is 11.4 Å². The van der Waals surface area contributed by atoms with Crippen LogP contribution in [0.3, 0.4) is 0 Å². The first-order valence-electron chi connectivity index (χ1n) is 5.57. The van der Waals surface area contributed by atoms with Crippen molar-refractivity contribution in [2.75, 3.05) is 23.1 Å². The Hall–Kier alpha value is -1.79. The number of rotatable bonds is 6. The van der Waals surface area contributed by atoms with Gasteiger partial charge in [0.05, 0.1) is 17.5 Å². The fourth-order valence-electron chi connectivity index (χ4n) is 1.44. The van der Waals surface area contributed by atoms with E-state index >= 15 is 0 Å². The fourth-order valence-corrected chi connectivity index (χ4v) is 1.55. The van der Waals surface area contributed by atoms with Gasteiger partial charge in [-0.1, -0.05) is 0 Å². The van der Waals surface area contributed by atoms with E-state index in [9.17, 15) is 14.7 Å². The lowest BCUT2D eigenvalue weighted by Gasteiger charge is -2.13. The Labute approximate surface area is 115 Å². The van der Waals surface area contributed by atoms with Gasteiger partial charge in [-0.3, -0.25) is 4.79 Å². The van der Waals surface area contributed by atoms with Gasteiger partial charge in [0, 0.05) is 24.8 Å². The normalized spacial score (nSPS) is 11.7. The summed E-state index contributed by atoms with van der Waals surface area (Å²) < 4.78 is 0. The number of hydrogen-bond donors (Lipinski definition) is 4. The van der Waals surface area contributed by atoms with E-state index in [-0.39, 0.29) is 23.9 Å². The molecule has 0 saturated carbocycles. The highest BCUT2D eigenvalue weighted by molar-refractivity contribution is 6.18. The van der Waals surface area contributed by atoms with Crippen molar-refractivity contribution < 1.29 is 19.8 Å². The van der Waals surface area contributed by atoms with Crippen LogP contribution in [-0.2, 0) is 4.79 Å². The number of hydrogen-bond acceptors (Lipinski definition) is 4. The minimum absolute atomic E-state index is 0.00743. The minimum atomic E-state index is -1.13. The van der Waals surface area contributed by atoms with E-state index in [1.54, 1.807) is 6.07 Å². The molecule has 1 amide bonds. The molecule has 0 aliphatic carbocycles. The molecule has 4 N–H and O–H groups in total. The first-order chi connectivity index (χ1) is 8.93. The highest BCUT2D eigenvalue weighted by Crippen LogP contribution is 2.21. The van der Waals surface area contributed by atoms with Crippen LogP contribution >= 0.6 is 11.6 Å². The van der Waals surface area contributed by atoms with Crippen molar-refractivity contribution in [2.24, 2.45) is 0 Å². The number of carboxylic acids is 1. The first kappa shape index (κ1) is 15.3. The van der Waals surface area contributed by atoms with E-state index in [1.165, 1.54) is 19.1 Å². The summed E-state index contributed by atoms with van der Waals surface area (Å²) in [6.45, 7) is 1.48. The SMILES string of the molecule is CC(=O)Nc1ccc(NCC(O)CCl)c(C(=O)O)c1. The van der Waals surface area contributed by atoms with E-state index in [1.807, 2.05) is 0 Å². The molecule has 6 nitrogen and oxygen atoms in total. The van der Waals surface area contributed by atoms with Gasteiger partial charge in [-0.15, -0.1) is 11.6 Å². The molecule has 1 aromatic rings. The number of halogens is 1. The second-order valence-electron chi connectivity index (χ2n) is 3.94. The van der Waals surface area contributed by atoms with Crippen LogP contribution in [0.2, 0.25) is 0 Å². The van der Waals surface area contributed by atoms with Crippen LogP contribution in [-0.4, -0.2) is 40.6 Å². The maximum atomic E-state index is 11.1. The van der Waals surface area contributed by atoms with Crippen LogP contribution in [0.25, 0.3) is 0 Å². The molecule has 0 heterocycles. The lowest BCUT2D eigenvalue weighted by molar-refractivity contribution is -0.114. The number of carbonyl (C=O) groups is 2. The Morgan fingerprint density at radius 1 is 1.42 bits per heavy atom. The third kappa shape index (κ3) is 4.76. The average molecular weight is 287 g/mol. The third-order valence-electron chi connectivity index (χ3n) is 2.28. The highest BCUT2D eigenvalue weighted by Gasteiger charge is 2.12. The summed E-state index contributed by atoms with van der Waals surface area (Å²) in [6.07, 6.45) is -0.765. The standard InChI is InChI=1S/C12H15ClN2O4/c1-7(16)15-8-2-3-11(10(4-8)12(18)19)14-6-9(17)5-13/h2-4,9,14,17H,5-6H2,1H3,(H,15,16)(H,18,19). The molecule has 1 atom stereocenters. The third-order valence-corrected chi connectivity index (χ3v) is 2.63. The maximum absolute atomic E-state index is 11.1. The zero-order valence-corrected chi connectivity index (χ0v) is 11.1. The Morgan fingerprint density at radius 3 is 2.63 bits per heavy atom. The molecule has 0 aliphatic rings. The predicted molar refractivity (Wildman–Crippen MR) is 72.9 cm³/mol. The first-order valence-corrected chi connectivity index (χ1v) is 6.10. The quantitative estimate of drug-likeness (QED) is 0.592. The number of carbonyl (C=O) groups excluding carboxylic acids is 1.